The summed E-state index contributed by atoms with van der Waals surface area (Å²) in [5.41, 5.74) is 0. The zero-order valence-corrected chi connectivity index (χ0v) is 14.3. The second kappa shape index (κ2) is 8.28. The Hall–Kier alpha value is -1.89. The normalized spacial score (nSPS) is 17.2. The number of fused-ring (bicyclic) bond motifs is 1. The molecule has 2 aliphatic rings. The van der Waals surface area contributed by atoms with Crippen molar-refractivity contribution >= 4 is 23.7 Å². The first kappa shape index (κ1) is 17.0. The van der Waals surface area contributed by atoms with E-state index in [0.29, 0.717) is 19.0 Å². The van der Waals surface area contributed by atoms with E-state index in [1.54, 1.807) is 0 Å². The van der Waals surface area contributed by atoms with Crippen LogP contribution in [0.4, 0.5) is 4.79 Å². The van der Waals surface area contributed by atoms with Crippen molar-refractivity contribution in [1.82, 2.24) is 10.6 Å². The van der Waals surface area contributed by atoms with Crippen molar-refractivity contribution in [3.63, 3.8) is 0 Å². The average molecular weight is 350 g/mol. The number of hydrogen-bond donors (Lipinski definition) is 2. The Labute approximate surface area is 145 Å². The fourth-order valence-electron chi connectivity index (χ4n) is 2.89. The number of carbonyl (C=O) groups is 2. The molecule has 6 nitrogen and oxygen atoms in total. The molecule has 0 unspecified atom stereocenters. The van der Waals surface area contributed by atoms with E-state index in [9.17, 15) is 9.59 Å². The number of benzene rings is 1. The first-order valence-corrected chi connectivity index (χ1v) is 9.32. The molecule has 3 amide bonds. The van der Waals surface area contributed by atoms with Gasteiger partial charge in [0.05, 0.1) is 5.75 Å². The van der Waals surface area contributed by atoms with Crippen molar-refractivity contribution in [2.75, 3.05) is 19.0 Å². The van der Waals surface area contributed by atoms with Crippen LogP contribution in [0.15, 0.2) is 23.1 Å². The minimum absolute atomic E-state index is 0.178. The highest BCUT2D eigenvalue weighted by molar-refractivity contribution is 8.00. The molecule has 2 N–H and O–H groups in total. The van der Waals surface area contributed by atoms with Crippen molar-refractivity contribution in [2.24, 2.45) is 0 Å². The van der Waals surface area contributed by atoms with Crippen LogP contribution in [0.5, 0.6) is 11.5 Å². The van der Waals surface area contributed by atoms with Crippen LogP contribution in [0, 0.1) is 0 Å². The van der Waals surface area contributed by atoms with Crippen LogP contribution in [0.2, 0.25) is 0 Å². The Morgan fingerprint density at radius 2 is 1.83 bits per heavy atom. The van der Waals surface area contributed by atoms with Crippen LogP contribution in [-0.2, 0) is 4.79 Å². The lowest BCUT2D eigenvalue weighted by Crippen LogP contribution is -2.45. The molecule has 7 heteroatoms. The minimum atomic E-state index is -0.394. The standard InChI is InChI=1S/C17H22N2O4S/c20-16(19-17(21)18-12-4-2-1-3-5-12)11-24-13-6-7-14-15(10-13)23-9-8-22-14/h6-7,10,12H,1-5,8-9,11H2,(H2,18,19,20,21). The van der Waals surface area contributed by atoms with Crippen LogP contribution in [0.3, 0.4) is 0 Å². The molecule has 1 fully saturated rings. The number of rotatable bonds is 4. The number of thioether (sulfide) groups is 1. The van der Waals surface area contributed by atoms with Crippen molar-refractivity contribution in [2.45, 2.75) is 43.0 Å². The fourth-order valence-corrected chi connectivity index (χ4v) is 3.62. The fraction of sp³-hybridized carbons (Fsp3) is 0.529. The Balaban J connectivity index is 1.42. The Morgan fingerprint density at radius 1 is 1.08 bits per heavy atom. The van der Waals surface area contributed by atoms with E-state index in [1.165, 1.54) is 18.2 Å². The summed E-state index contributed by atoms with van der Waals surface area (Å²) in [5, 5.41) is 5.27. The average Bonchev–Trinajstić information content (AvgIpc) is 2.60. The van der Waals surface area contributed by atoms with Gasteiger partial charge in [0.1, 0.15) is 13.2 Å². The van der Waals surface area contributed by atoms with Crippen LogP contribution in [0.25, 0.3) is 0 Å². The van der Waals surface area contributed by atoms with Crippen LogP contribution < -0.4 is 20.1 Å². The molecule has 1 heterocycles. The van der Waals surface area contributed by atoms with E-state index in [2.05, 4.69) is 10.6 Å². The third-order valence-electron chi connectivity index (χ3n) is 4.08. The molecule has 24 heavy (non-hydrogen) atoms. The van der Waals surface area contributed by atoms with Gasteiger partial charge in [0.25, 0.3) is 0 Å². The smallest absolute Gasteiger partial charge is 0.321 e. The third-order valence-corrected chi connectivity index (χ3v) is 5.07. The second-order valence-corrected chi connectivity index (χ2v) is 7.00. The lowest BCUT2D eigenvalue weighted by molar-refractivity contribution is -0.117. The number of hydrogen-bond acceptors (Lipinski definition) is 5. The summed E-state index contributed by atoms with van der Waals surface area (Å²) in [5.74, 6) is 1.30. The molecule has 3 rings (SSSR count). The van der Waals surface area contributed by atoms with Crippen molar-refractivity contribution in [3.8, 4) is 11.5 Å². The molecule has 0 bridgehead atoms. The van der Waals surface area contributed by atoms with Gasteiger partial charge in [0, 0.05) is 10.9 Å². The molecule has 0 atom stereocenters. The van der Waals surface area contributed by atoms with E-state index in [4.69, 9.17) is 9.47 Å². The second-order valence-electron chi connectivity index (χ2n) is 5.95. The molecule has 0 spiro atoms. The van der Waals surface area contributed by atoms with Gasteiger partial charge < -0.3 is 14.8 Å². The van der Waals surface area contributed by atoms with Crippen molar-refractivity contribution < 1.29 is 19.1 Å². The van der Waals surface area contributed by atoms with Crippen LogP contribution >= 0.6 is 11.8 Å². The van der Waals surface area contributed by atoms with Gasteiger partial charge in [0.15, 0.2) is 11.5 Å². The molecule has 1 aromatic carbocycles. The Kier molecular flexibility index (Phi) is 5.85. The summed E-state index contributed by atoms with van der Waals surface area (Å²) in [4.78, 5) is 24.6. The molecule has 1 aliphatic heterocycles. The zero-order chi connectivity index (χ0) is 16.8. The van der Waals surface area contributed by atoms with Crippen LogP contribution in [-0.4, -0.2) is 36.9 Å². The Bertz CT molecular complexity index is 602. The third kappa shape index (κ3) is 4.80. The molecular formula is C17H22N2O4S. The highest BCUT2D eigenvalue weighted by Crippen LogP contribution is 2.34. The van der Waals surface area contributed by atoms with E-state index < -0.39 is 6.03 Å². The van der Waals surface area contributed by atoms with Gasteiger partial charge in [-0.25, -0.2) is 4.79 Å². The summed E-state index contributed by atoms with van der Waals surface area (Å²) in [6.07, 6.45) is 5.49. The maximum atomic E-state index is 11.9. The topological polar surface area (TPSA) is 76.7 Å². The number of carbonyl (C=O) groups excluding carboxylic acids is 2. The predicted octanol–water partition coefficient (Wildman–Crippen LogP) is 2.71. The van der Waals surface area contributed by atoms with E-state index in [1.807, 2.05) is 18.2 Å². The summed E-state index contributed by atoms with van der Waals surface area (Å²) in [6, 6.07) is 5.37. The van der Waals surface area contributed by atoms with Gasteiger partial charge in [-0.15, -0.1) is 11.8 Å². The number of urea groups is 1. The van der Waals surface area contributed by atoms with E-state index in [0.717, 1.165) is 36.3 Å². The van der Waals surface area contributed by atoms with Gasteiger partial charge in [-0.05, 0) is 31.0 Å². The first-order valence-electron chi connectivity index (χ1n) is 8.33. The number of imide groups is 1. The molecule has 0 radical (unpaired) electrons. The van der Waals surface area contributed by atoms with Crippen LogP contribution in [0.1, 0.15) is 32.1 Å². The monoisotopic (exact) mass is 350 g/mol. The molecular weight excluding hydrogens is 328 g/mol. The molecule has 1 aromatic rings. The highest BCUT2D eigenvalue weighted by Gasteiger charge is 2.17. The largest absolute Gasteiger partial charge is 0.486 e. The predicted molar refractivity (Wildman–Crippen MR) is 91.7 cm³/mol. The maximum Gasteiger partial charge on any atom is 0.321 e. The Morgan fingerprint density at radius 3 is 2.62 bits per heavy atom. The minimum Gasteiger partial charge on any atom is -0.486 e. The summed E-state index contributed by atoms with van der Waals surface area (Å²) < 4.78 is 11.0. The molecule has 1 aliphatic carbocycles. The zero-order valence-electron chi connectivity index (χ0n) is 13.5. The van der Waals surface area contributed by atoms with Gasteiger partial charge in [-0.1, -0.05) is 19.3 Å². The molecule has 0 aromatic heterocycles. The molecule has 130 valence electrons. The van der Waals surface area contributed by atoms with Gasteiger partial charge in [-0.2, -0.15) is 0 Å². The van der Waals surface area contributed by atoms with Gasteiger partial charge >= 0.3 is 6.03 Å². The lowest BCUT2D eigenvalue weighted by atomic mass is 9.96. The summed E-state index contributed by atoms with van der Waals surface area (Å²) in [6.45, 7) is 1.08. The van der Waals surface area contributed by atoms with Crippen molar-refractivity contribution in [3.05, 3.63) is 18.2 Å². The quantitative estimate of drug-likeness (QED) is 0.817. The molecule has 0 saturated heterocycles. The number of nitrogens with one attached hydrogen (secondary N) is 2. The summed E-state index contributed by atoms with van der Waals surface area (Å²) in [7, 11) is 0. The van der Waals surface area contributed by atoms with Gasteiger partial charge in [0.2, 0.25) is 5.91 Å². The number of ether oxygens (including phenoxy) is 2. The SMILES string of the molecule is O=C(CSc1ccc2c(c1)OCCO2)NC(=O)NC1CCCCC1. The highest BCUT2D eigenvalue weighted by atomic mass is 32.2. The first-order chi connectivity index (χ1) is 11.7. The summed E-state index contributed by atoms with van der Waals surface area (Å²) >= 11 is 1.36. The van der Waals surface area contributed by atoms with E-state index >= 15 is 0 Å². The van der Waals surface area contributed by atoms with Gasteiger partial charge in [-0.3, -0.25) is 10.1 Å². The maximum absolute atomic E-state index is 11.9. The lowest BCUT2D eigenvalue weighted by Gasteiger charge is -2.22. The number of amides is 3. The van der Waals surface area contributed by atoms with E-state index in [-0.39, 0.29) is 17.7 Å². The van der Waals surface area contributed by atoms with Crippen molar-refractivity contribution in [1.29, 1.82) is 0 Å². The molecule has 1 saturated carbocycles.